The van der Waals surface area contributed by atoms with Gasteiger partial charge in [-0.2, -0.15) is 0 Å². The van der Waals surface area contributed by atoms with E-state index in [0.717, 1.165) is 12.8 Å². The lowest BCUT2D eigenvalue weighted by molar-refractivity contribution is 0.274. The van der Waals surface area contributed by atoms with Crippen molar-refractivity contribution < 1.29 is 0 Å². The molecular weight excluding hydrogens is 198 g/mol. The monoisotopic (exact) mass is 227 g/mol. The zero-order valence-corrected chi connectivity index (χ0v) is 12.0. The van der Waals surface area contributed by atoms with E-state index in [1.165, 1.54) is 11.3 Å². The Morgan fingerprint density at radius 1 is 1.19 bits per heavy atom. The number of likely N-dealkylation sites (N-methyl/N-ethyl adjacent to an activating group) is 2. The summed E-state index contributed by atoms with van der Waals surface area (Å²) in [7, 11) is 6.05. The quantitative estimate of drug-likeness (QED) is 0.621. The van der Waals surface area contributed by atoms with Gasteiger partial charge in [0.15, 0.2) is 0 Å². The van der Waals surface area contributed by atoms with Crippen LogP contribution in [0.4, 0.5) is 0 Å². The molecule has 0 bridgehead atoms. The van der Waals surface area contributed by atoms with Gasteiger partial charge in [-0.15, -0.1) is 0 Å². The number of hydrogen-bond donors (Lipinski definition) is 3. The average molecular weight is 227 g/mol. The first-order chi connectivity index (χ1) is 7.41. The highest BCUT2D eigenvalue weighted by Crippen LogP contribution is 2.20. The minimum absolute atomic E-state index is 0.131. The normalized spacial score (nSPS) is 16.4. The highest BCUT2D eigenvalue weighted by Gasteiger charge is 2.28. The van der Waals surface area contributed by atoms with Gasteiger partial charge in [0.1, 0.15) is 0 Å². The summed E-state index contributed by atoms with van der Waals surface area (Å²) < 4.78 is 0. The molecule has 3 N–H and O–H groups in total. The second kappa shape index (κ2) is 6.92. The Labute approximate surface area is 101 Å². The van der Waals surface area contributed by atoms with Gasteiger partial charge < -0.3 is 16.0 Å². The molecule has 0 aromatic rings. The van der Waals surface area contributed by atoms with E-state index in [4.69, 9.17) is 0 Å². The maximum atomic E-state index is 3.43. The molecule has 96 valence electrons. The highest BCUT2D eigenvalue weighted by molar-refractivity contribution is 5.08. The van der Waals surface area contributed by atoms with E-state index in [9.17, 15) is 0 Å². The third kappa shape index (κ3) is 4.14. The second-order valence-corrected chi connectivity index (χ2v) is 4.91. The summed E-state index contributed by atoms with van der Waals surface area (Å²) >= 11 is 0. The topological polar surface area (TPSA) is 36.1 Å². The van der Waals surface area contributed by atoms with Crippen LogP contribution in [0.15, 0.2) is 11.3 Å². The van der Waals surface area contributed by atoms with E-state index < -0.39 is 0 Å². The fourth-order valence-electron chi connectivity index (χ4n) is 1.89. The predicted octanol–water partition coefficient (Wildman–Crippen LogP) is 1.87. The van der Waals surface area contributed by atoms with E-state index in [1.54, 1.807) is 0 Å². The van der Waals surface area contributed by atoms with Gasteiger partial charge in [-0.3, -0.25) is 0 Å². The third-order valence-corrected chi connectivity index (χ3v) is 3.76. The summed E-state index contributed by atoms with van der Waals surface area (Å²) in [4.78, 5) is 0. The Balaban J connectivity index is 4.51. The molecule has 3 heteroatoms. The molecule has 0 heterocycles. The van der Waals surface area contributed by atoms with Crippen molar-refractivity contribution in [1.82, 2.24) is 16.0 Å². The lowest BCUT2D eigenvalue weighted by Gasteiger charge is -2.36. The molecule has 0 aromatic carbocycles. The Bertz CT molecular complexity index is 231. The summed E-state index contributed by atoms with van der Waals surface area (Å²) in [5.74, 6) is 0. The van der Waals surface area contributed by atoms with E-state index in [1.807, 2.05) is 21.1 Å². The van der Waals surface area contributed by atoms with Gasteiger partial charge in [-0.25, -0.2) is 0 Å². The number of rotatable bonds is 7. The Kier molecular flexibility index (Phi) is 6.68. The van der Waals surface area contributed by atoms with Crippen molar-refractivity contribution in [2.75, 3.05) is 21.1 Å². The van der Waals surface area contributed by atoms with Crippen LogP contribution in [-0.4, -0.2) is 32.7 Å². The van der Waals surface area contributed by atoms with Crippen molar-refractivity contribution >= 4 is 0 Å². The molecule has 0 amide bonds. The molecule has 0 fully saturated rings. The van der Waals surface area contributed by atoms with Crippen LogP contribution in [0.5, 0.6) is 0 Å². The second-order valence-electron chi connectivity index (χ2n) is 4.91. The molecule has 0 aliphatic rings. The first kappa shape index (κ1) is 15.5. The average Bonchev–Trinajstić information content (AvgIpc) is 2.27. The zero-order valence-electron chi connectivity index (χ0n) is 12.0. The van der Waals surface area contributed by atoms with Crippen LogP contribution >= 0.6 is 0 Å². The summed E-state index contributed by atoms with van der Waals surface area (Å²) in [5.41, 5.74) is 2.86. The van der Waals surface area contributed by atoms with Gasteiger partial charge in [0.05, 0.1) is 0 Å². The molecule has 0 aliphatic carbocycles. The molecule has 16 heavy (non-hydrogen) atoms. The van der Waals surface area contributed by atoms with Crippen molar-refractivity contribution in [3.05, 3.63) is 11.3 Å². The van der Waals surface area contributed by atoms with Crippen molar-refractivity contribution in [2.24, 2.45) is 0 Å². The van der Waals surface area contributed by atoms with Crippen molar-refractivity contribution in [3.8, 4) is 0 Å². The fourth-order valence-corrected chi connectivity index (χ4v) is 1.89. The van der Waals surface area contributed by atoms with Gasteiger partial charge in [0, 0.05) is 24.3 Å². The Morgan fingerprint density at radius 2 is 1.75 bits per heavy atom. The van der Waals surface area contributed by atoms with Crippen LogP contribution in [0, 0.1) is 0 Å². The van der Waals surface area contributed by atoms with Crippen molar-refractivity contribution in [2.45, 2.75) is 52.1 Å². The van der Waals surface area contributed by atoms with Crippen LogP contribution in [0.1, 0.15) is 40.5 Å². The van der Waals surface area contributed by atoms with Gasteiger partial charge in [0.25, 0.3) is 0 Å². The predicted molar refractivity (Wildman–Crippen MR) is 72.7 cm³/mol. The molecule has 0 spiro atoms. The molecule has 0 aliphatic heterocycles. The standard InChI is InChI=1S/C13H29N3/c1-10(2)12(15-6)8-9-13(4,16-7)11(3)14-5/h11,14-16H,8-9H2,1-7H3. The largest absolute Gasteiger partial charge is 0.391 e. The van der Waals surface area contributed by atoms with E-state index in [2.05, 4.69) is 43.6 Å². The summed E-state index contributed by atoms with van der Waals surface area (Å²) in [5, 5.41) is 10.0. The summed E-state index contributed by atoms with van der Waals surface area (Å²) in [6.07, 6.45) is 2.20. The van der Waals surface area contributed by atoms with Gasteiger partial charge >= 0.3 is 0 Å². The van der Waals surface area contributed by atoms with Gasteiger partial charge in [0.2, 0.25) is 0 Å². The Morgan fingerprint density at radius 3 is 2.06 bits per heavy atom. The maximum Gasteiger partial charge on any atom is 0.0304 e. The van der Waals surface area contributed by atoms with E-state index >= 15 is 0 Å². The molecule has 0 aromatic heterocycles. The lowest BCUT2D eigenvalue weighted by atomic mass is 9.87. The minimum Gasteiger partial charge on any atom is -0.391 e. The smallest absolute Gasteiger partial charge is 0.0304 e. The molecule has 0 saturated carbocycles. The Hall–Kier alpha value is -0.540. The van der Waals surface area contributed by atoms with Crippen molar-refractivity contribution in [3.63, 3.8) is 0 Å². The number of hydrogen-bond acceptors (Lipinski definition) is 3. The molecular formula is C13H29N3. The maximum absolute atomic E-state index is 3.43. The molecule has 0 radical (unpaired) electrons. The van der Waals surface area contributed by atoms with Gasteiger partial charge in [-0.05, 0) is 54.6 Å². The highest BCUT2D eigenvalue weighted by atomic mass is 15.0. The molecule has 2 atom stereocenters. The molecule has 0 rings (SSSR count). The van der Waals surface area contributed by atoms with Crippen LogP contribution in [0.25, 0.3) is 0 Å². The van der Waals surface area contributed by atoms with Crippen molar-refractivity contribution in [1.29, 1.82) is 0 Å². The first-order valence-corrected chi connectivity index (χ1v) is 6.11. The van der Waals surface area contributed by atoms with Crippen LogP contribution in [-0.2, 0) is 0 Å². The fraction of sp³-hybridized carbons (Fsp3) is 0.846. The van der Waals surface area contributed by atoms with E-state index in [-0.39, 0.29) is 5.54 Å². The number of nitrogens with one attached hydrogen (secondary N) is 3. The summed E-state index contributed by atoms with van der Waals surface area (Å²) in [6, 6.07) is 0.452. The van der Waals surface area contributed by atoms with Crippen LogP contribution in [0.2, 0.25) is 0 Å². The molecule has 3 nitrogen and oxygen atoms in total. The third-order valence-electron chi connectivity index (χ3n) is 3.76. The SMILES string of the molecule is CNC(CCC(C)(NC)C(C)NC)=C(C)C. The zero-order chi connectivity index (χ0) is 12.8. The van der Waals surface area contributed by atoms with Gasteiger partial charge in [-0.1, -0.05) is 5.57 Å². The minimum atomic E-state index is 0.131. The number of allylic oxidation sites excluding steroid dienone is 2. The first-order valence-electron chi connectivity index (χ1n) is 6.11. The lowest BCUT2D eigenvalue weighted by Crippen LogP contribution is -2.54. The summed E-state index contributed by atoms with van der Waals surface area (Å²) in [6.45, 7) is 8.80. The van der Waals surface area contributed by atoms with Crippen LogP contribution < -0.4 is 16.0 Å². The molecule has 2 unspecified atom stereocenters. The van der Waals surface area contributed by atoms with Crippen LogP contribution in [0.3, 0.4) is 0 Å². The van der Waals surface area contributed by atoms with E-state index in [0.29, 0.717) is 6.04 Å². The molecule has 0 saturated heterocycles.